The predicted octanol–water partition coefficient (Wildman–Crippen LogP) is 1.05. The summed E-state index contributed by atoms with van der Waals surface area (Å²) in [5.74, 6) is -0.487. The highest BCUT2D eigenvalue weighted by Crippen LogP contribution is 2.25. The van der Waals surface area contributed by atoms with Gasteiger partial charge in [-0.25, -0.2) is 4.79 Å². The first kappa shape index (κ1) is 8.93. The van der Waals surface area contributed by atoms with E-state index in [4.69, 9.17) is 17.3 Å². The molecule has 0 aliphatic rings. The Bertz CT molecular complexity index is 319. The van der Waals surface area contributed by atoms with Crippen molar-refractivity contribution >= 4 is 23.3 Å². The Hall–Kier alpha value is -1.16. The van der Waals surface area contributed by atoms with Crippen molar-refractivity contribution in [2.45, 2.75) is 0 Å². The molecule has 0 radical (unpaired) electrons. The Morgan fingerprint density at radius 3 is 2.67 bits per heavy atom. The van der Waals surface area contributed by atoms with Crippen LogP contribution in [0.15, 0.2) is 6.20 Å². The van der Waals surface area contributed by atoms with Gasteiger partial charge in [0.25, 0.3) is 0 Å². The summed E-state index contributed by atoms with van der Waals surface area (Å²) in [6.07, 6.45) is 1.56. The molecule has 0 spiro atoms. The Kier molecular flexibility index (Phi) is 2.28. The van der Waals surface area contributed by atoms with Gasteiger partial charge in [-0.3, -0.25) is 0 Å². The number of methoxy groups -OCH3 is 1. The minimum Gasteiger partial charge on any atom is -0.464 e. The van der Waals surface area contributed by atoms with Gasteiger partial charge in [0, 0.05) is 13.2 Å². The van der Waals surface area contributed by atoms with E-state index in [9.17, 15) is 4.79 Å². The van der Waals surface area contributed by atoms with Gasteiger partial charge in [-0.15, -0.1) is 0 Å². The molecule has 4 nitrogen and oxygen atoms in total. The van der Waals surface area contributed by atoms with Gasteiger partial charge in [0.05, 0.1) is 17.8 Å². The van der Waals surface area contributed by atoms with E-state index in [-0.39, 0.29) is 10.7 Å². The number of hydrogen-bond donors (Lipinski definition) is 1. The van der Waals surface area contributed by atoms with Crippen molar-refractivity contribution in [3.05, 3.63) is 16.9 Å². The Labute approximate surface area is 74.9 Å². The first-order valence-electron chi connectivity index (χ1n) is 3.26. The molecule has 0 saturated carbocycles. The lowest BCUT2D eigenvalue weighted by molar-refractivity contribution is 0.0590. The smallest absolute Gasteiger partial charge is 0.356 e. The summed E-state index contributed by atoms with van der Waals surface area (Å²) in [5.41, 5.74) is 6.12. The van der Waals surface area contributed by atoms with Gasteiger partial charge < -0.3 is 15.0 Å². The van der Waals surface area contributed by atoms with Gasteiger partial charge >= 0.3 is 5.97 Å². The summed E-state index contributed by atoms with van der Waals surface area (Å²) < 4.78 is 6.04. The van der Waals surface area contributed by atoms with Crippen molar-refractivity contribution < 1.29 is 9.53 Å². The molecule has 0 atom stereocenters. The topological polar surface area (TPSA) is 57.2 Å². The average molecular weight is 189 g/mol. The number of carbonyl (C=O) groups excluding carboxylic acids is 1. The maximum atomic E-state index is 11.1. The number of hydrogen-bond acceptors (Lipinski definition) is 3. The monoisotopic (exact) mass is 188 g/mol. The highest BCUT2D eigenvalue weighted by molar-refractivity contribution is 6.35. The lowest BCUT2D eigenvalue weighted by atomic mass is 10.4. The Morgan fingerprint density at radius 1 is 1.75 bits per heavy atom. The van der Waals surface area contributed by atoms with Gasteiger partial charge in [0.2, 0.25) is 0 Å². The summed E-state index contributed by atoms with van der Waals surface area (Å²) >= 11 is 5.74. The van der Waals surface area contributed by atoms with Crippen LogP contribution in [-0.4, -0.2) is 17.6 Å². The maximum Gasteiger partial charge on any atom is 0.356 e. The number of nitrogens with zero attached hydrogens (tertiary/aromatic N) is 1. The van der Waals surface area contributed by atoms with E-state index < -0.39 is 5.97 Å². The van der Waals surface area contributed by atoms with Crippen LogP contribution in [0.1, 0.15) is 10.5 Å². The van der Waals surface area contributed by atoms with Crippen molar-refractivity contribution in [1.82, 2.24) is 4.57 Å². The second-order valence-corrected chi connectivity index (χ2v) is 2.73. The van der Waals surface area contributed by atoms with Crippen LogP contribution in [0.3, 0.4) is 0 Å². The third-order valence-corrected chi connectivity index (χ3v) is 1.92. The van der Waals surface area contributed by atoms with Crippen LogP contribution in [0.5, 0.6) is 0 Å². The fourth-order valence-corrected chi connectivity index (χ4v) is 1.21. The number of aromatic nitrogens is 1. The highest BCUT2D eigenvalue weighted by atomic mass is 35.5. The van der Waals surface area contributed by atoms with Gasteiger partial charge in [-0.2, -0.15) is 0 Å². The number of aryl methyl sites for hydroxylation is 1. The molecule has 2 N–H and O–H groups in total. The molecule has 5 heteroatoms. The molecule has 12 heavy (non-hydrogen) atoms. The maximum absolute atomic E-state index is 11.1. The molecule has 0 aliphatic heterocycles. The molecule has 1 rings (SSSR count). The van der Waals surface area contributed by atoms with Crippen LogP contribution in [0.25, 0.3) is 0 Å². The lowest BCUT2D eigenvalue weighted by Crippen LogP contribution is -2.07. The minimum atomic E-state index is -0.487. The zero-order valence-electron chi connectivity index (χ0n) is 6.80. The molecule has 0 aliphatic carbocycles. The number of halogens is 1. The van der Waals surface area contributed by atoms with E-state index in [0.29, 0.717) is 5.69 Å². The van der Waals surface area contributed by atoms with Gasteiger partial charge in [-0.05, 0) is 0 Å². The van der Waals surface area contributed by atoms with E-state index in [0.717, 1.165) is 0 Å². The Morgan fingerprint density at radius 2 is 2.33 bits per heavy atom. The molecule has 66 valence electrons. The van der Waals surface area contributed by atoms with Crippen LogP contribution >= 0.6 is 11.6 Å². The molecule has 0 aromatic carbocycles. The van der Waals surface area contributed by atoms with Crippen molar-refractivity contribution in [3.63, 3.8) is 0 Å². The number of esters is 1. The van der Waals surface area contributed by atoms with E-state index in [2.05, 4.69) is 4.74 Å². The third-order valence-electron chi connectivity index (χ3n) is 1.53. The molecule has 0 saturated heterocycles. The molecular formula is C7H9ClN2O2. The normalized spacial score (nSPS) is 9.92. The number of rotatable bonds is 1. The van der Waals surface area contributed by atoms with Crippen LogP contribution in [0, 0.1) is 0 Å². The van der Waals surface area contributed by atoms with Crippen LogP contribution in [0.4, 0.5) is 5.69 Å². The van der Waals surface area contributed by atoms with Gasteiger partial charge in [0.15, 0.2) is 0 Å². The lowest BCUT2D eigenvalue weighted by Gasteiger charge is -2.00. The number of nitrogens with two attached hydrogens (primary N) is 1. The number of carbonyl (C=O) groups is 1. The second kappa shape index (κ2) is 3.06. The number of nitrogen functional groups attached to an aromatic ring is 1. The Balaban J connectivity index is 3.22. The summed E-state index contributed by atoms with van der Waals surface area (Å²) in [6, 6.07) is 0. The summed E-state index contributed by atoms with van der Waals surface area (Å²) in [7, 11) is 2.97. The minimum absolute atomic E-state index is 0.240. The highest BCUT2D eigenvalue weighted by Gasteiger charge is 2.17. The predicted molar refractivity (Wildman–Crippen MR) is 46.2 cm³/mol. The van der Waals surface area contributed by atoms with E-state index in [1.54, 1.807) is 13.2 Å². The molecule has 0 amide bonds. The number of anilines is 1. The van der Waals surface area contributed by atoms with Crippen molar-refractivity contribution in [1.29, 1.82) is 0 Å². The van der Waals surface area contributed by atoms with Gasteiger partial charge in [0.1, 0.15) is 5.69 Å². The van der Waals surface area contributed by atoms with Crippen molar-refractivity contribution in [2.75, 3.05) is 12.8 Å². The molecule has 1 aromatic heterocycles. The quantitative estimate of drug-likeness (QED) is 0.671. The second-order valence-electron chi connectivity index (χ2n) is 2.35. The zero-order valence-corrected chi connectivity index (χ0v) is 7.55. The van der Waals surface area contributed by atoms with Crippen molar-refractivity contribution in [2.24, 2.45) is 7.05 Å². The molecule has 0 fully saturated rings. The molecule has 1 heterocycles. The van der Waals surface area contributed by atoms with Crippen LogP contribution in [0.2, 0.25) is 5.02 Å². The third kappa shape index (κ3) is 1.25. The standard InChI is InChI=1S/C7H9ClN2O2/c1-10-3-4(9)5(8)6(10)7(11)12-2/h3H,9H2,1-2H3. The largest absolute Gasteiger partial charge is 0.464 e. The van der Waals surface area contributed by atoms with E-state index in [1.165, 1.54) is 11.7 Å². The molecule has 1 aromatic rings. The fraction of sp³-hybridized carbons (Fsp3) is 0.286. The summed E-state index contributed by atoms with van der Waals surface area (Å²) in [4.78, 5) is 11.1. The van der Waals surface area contributed by atoms with E-state index in [1.807, 2.05) is 0 Å². The van der Waals surface area contributed by atoms with Crippen LogP contribution in [-0.2, 0) is 11.8 Å². The van der Waals surface area contributed by atoms with E-state index >= 15 is 0 Å². The number of ether oxygens (including phenoxy) is 1. The first-order valence-corrected chi connectivity index (χ1v) is 3.64. The SMILES string of the molecule is COC(=O)c1c(Cl)c(N)cn1C. The zero-order chi connectivity index (χ0) is 9.30. The van der Waals surface area contributed by atoms with Gasteiger partial charge in [-0.1, -0.05) is 11.6 Å². The summed E-state index contributed by atoms with van der Waals surface area (Å²) in [6.45, 7) is 0. The average Bonchev–Trinajstić information content (AvgIpc) is 2.26. The van der Waals surface area contributed by atoms with Crippen molar-refractivity contribution in [3.8, 4) is 0 Å². The summed E-state index contributed by atoms with van der Waals surface area (Å²) in [5, 5.41) is 0.240. The molecule has 0 bridgehead atoms. The fourth-order valence-electron chi connectivity index (χ4n) is 0.952. The van der Waals surface area contributed by atoms with Crippen LogP contribution < -0.4 is 5.73 Å². The molecule has 0 unspecified atom stereocenters. The first-order chi connectivity index (χ1) is 5.57. The molecular weight excluding hydrogens is 180 g/mol.